The smallest absolute Gasteiger partial charge is 0.253 e. The van der Waals surface area contributed by atoms with Crippen molar-refractivity contribution in [3.8, 4) is 5.75 Å². The quantitative estimate of drug-likeness (QED) is 0.860. The van der Waals surface area contributed by atoms with Crippen LogP contribution in [0.1, 0.15) is 0 Å². The third kappa shape index (κ3) is 3.70. The third-order valence-electron chi connectivity index (χ3n) is 3.19. The van der Waals surface area contributed by atoms with E-state index in [1.165, 1.54) is 19.2 Å². The number of halogens is 1. The van der Waals surface area contributed by atoms with Crippen molar-refractivity contribution >= 4 is 26.0 Å². The number of rotatable bonds is 4. The van der Waals surface area contributed by atoms with Gasteiger partial charge in [0.05, 0.1) is 16.5 Å². The van der Waals surface area contributed by atoms with Gasteiger partial charge in [-0.05, 0) is 41.2 Å². The Balaban J connectivity index is 2.12. The first-order chi connectivity index (χ1) is 9.42. The summed E-state index contributed by atoms with van der Waals surface area (Å²) in [4.78, 5) is 4.99. The minimum absolute atomic E-state index is 0.212. The molecule has 2 rings (SSSR count). The second-order valence-electron chi connectivity index (χ2n) is 4.68. The highest BCUT2D eigenvalue weighted by molar-refractivity contribution is 9.10. The normalized spacial score (nSPS) is 18.1. The van der Waals surface area contributed by atoms with Crippen molar-refractivity contribution in [3.63, 3.8) is 0 Å². The average Bonchev–Trinajstić information content (AvgIpc) is 2.41. The maximum Gasteiger partial charge on any atom is 0.253 e. The summed E-state index contributed by atoms with van der Waals surface area (Å²) < 4.78 is 30.3. The van der Waals surface area contributed by atoms with Gasteiger partial charge in [-0.15, -0.1) is 4.83 Å². The molecule has 0 aliphatic carbocycles. The maximum absolute atomic E-state index is 12.3. The van der Waals surface area contributed by atoms with Gasteiger partial charge in [0.15, 0.2) is 0 Å². The second-order valence-corrected chi connectivity index (χ2v) is 7.20. The lowest BCUT2D eigenvalue weighted by Gasteiger charge is -2.32. The van der Waals surface area contributed by atoms with Gasteiger partial charge in [0.25, 0.3) is 10.0 Å². The van der Waals surface area contributed by atoms with Crippen LogP contribution in [-0.4, -0.2) is 58.7 Å². The summed E-state index contributed by atoms with van der Waals surface area (Å²) in [6, 6.07) is 4.70. The molecule has 1 aliphatic rings. The molecule has 1 aromatic rings. The summed E-state index contributed by atoms with van der Waals surface area (Å²) >= 11 is 3.30. The van der Waals surface area contributed by atoms with E-state index in [-0.39, 0.29) is 4.90 Å². The number of piperazine rings is 1. The topological polar surface area (TPSA) is 61.9 Å². The zero-order valence-corrected chi connectivity index (χ0v) is 13.9. The predicted molar refractivity (Wildman–Crippen MR) is 80.1 cm³/mol. The van der Waals surface area contributed by atoms with Crippen molar-refractivity contribution in [1.82, 2.24) is 14.7 Å². The van der Waals surface area contributed by atoms with E-state index in [1.807, 2.05) is 7.05 Å². The molecule has 1 aromatic carbocycles. The Bertz CT molecular complexity index is 571. The highest BCUT2D eigenvalue weighted by Crippen LogP contribution is 2.27. The van der Waals surface area contributed by atoms with Gasteiger partial charge in [0.2, 0.25) is 0 Å². The lowest BCUT2D eigenvalue weighted by Crippen LogP contribution is -2.52. The van der Waals surface area contributed by atoms with Crippen molar-refractivity contribution < 1.29 is 13.2 Å². The molecule has 1 N–H and O–H groups in total. The summed E-state index contributed by atoms with van der Waals surface area (Å²) in [5, 5.41) is 1.73. The molecule has 0 bridgehead atoms. The van der Waals surface area contributed by atoms with Crippen LogP contribution in [0, 0.1) is 0 Å². The fourth-order valence-electron chi connectivity index (χ4n) is 1.93. The zero-order chi connectivity index (χ0) is 14.8. The SMILES string of the molecule is COc1ccc(S(=O)(=O)NN2CCN(C)CC2)cc1Br. The zero-order valence-electron chi connectivity index (χ0n) is 11.5. The first kappa shape index (κ1) is 15.7. The number of hydrazine groups is 1. The van der Waals surface area contributed by atoms with Crippen LogP contribution >= 0.6 is 15.9 Å². The van der Waals surface area contributed by atoms with Crippen LogP contribution in [0.4, 0.5) is 0 Å². The van der Waals surface area contributed by atoms with E-state index >= 15 is 0 Å². The Morgan fingerprint density at radius 1 is 1.25 bits per heavy atom. The number of nitrogens with one attached hydrogen (secondary N) is 1. The molecule has 0 amide bonds. The Hall–Kier alpha value is -0.670. The summed E-state index contributed by atoms with van der Waals surface area (Å²) in [5.74, 6) is 0.601. The van der Waals surface area contributed by atoms with Crippen molar-refractivity contribution in [3.05, 3.63) is 22.7 Å². The van der Waals surface area contributed by atoms with Gasteiger partial charge in [-0.1, -0.05) is 0 Å². The summed E-state index contributed by atoms with van der Waals surface area (Å²) in [6.07, 6.45) is 0. The lowest BCUT2D eigenvalue weighted by molar-refractivity contribution is 0.135. The minimum atomic E-state index is -3.55. The van der Waals surface area contributed by atoms with E-state index in [0.717, 1.165) is 13.1 Å². The van der Waals surface area contributed by atoms with Crippen molar-refractivity contribution in [1.29, 1.82) is 0 Å². The Labute approximate surface area is 127 Å². The second kappa shape index (κ2) is 6.40. The molecule has 0 aromatic heterocycles. The Morgan fingerprint density at radius 2 is 1.90 bits per heavy atom. The standard InChI is InChI=1S/C12H18BrN3O3S/c1-15-5-7-16(8-6-15)14-20(17,18)10-3-4-12(19-2)11(13)9-10/h3-4,9,14H,5-8H2,1-2H3. The van der Waals surface area contributed by atoms with Crippen molar-refractivity contribution in [2.24, 2.45) is 0 Å². The van der Waals surface area contributed by atoms with Gasteiger partial charge < -0.3 is 9.64 Å². The number of methoxy groups -OCH3 is 1. The summed E-state index contributed by atoms with van der Waals surface area (Å²) in [5.41, 5.74) is 0. The molecular weight excluding hydrogens is 346 g/mol. The van der Waals surface area contributed by atoms with Crippen molar-refractivity contribution in [2.75, 3.05) is 40.3 Å². The molecular formula is C12H18BrN3O3S. The molecule has 1 heterocycles. The molecule has 1 fully saturated rings. The van der Waals surface area contributed by atoms with Crippen LogP contribution < -0.4 is 9.57 Å². The maximum atomic E-state index is 12.3. The molecule has 0 unspecified atom stereocenters. The molecule has 0 atom stereocenters. The Kier molecular flexibility index (Phi) is 5.03. The van der Waals surface area contributed by atoms with Gasteiger partial charge in [0, 0.05) is 26.2 Å². The van der Waals surface area contributed by atoms with Crippen LogP contribution in [0.2, 0.25) is 0 Å². The van der Waals surface area contributed by atoms with Crippen LogP contribution in [0.5, 0.6) is 5.75 Å². The van der Waals surface area contributed by atoms with E-state index in [0.29, 0.717) is 23.3 Å². The fraction of sp³-hybridized carbons (Fsp3) is 0.500. The molecule has 1 aliphatic heterocycles. The van der Waals surface area contributed by atoms with Gasteiger partial charge in [-0.25, -0.2) is 13.4 Å². The van der Waals surface area contributed by atoms with Gasteiger partial charge in [-0.3, -0.25) is 0 Å². The molecule has 0 radical (unpaired) electrons. The Morgan fingerprint density at radius 3 is 2.45 bits per heavy atom. The van der Waals surface area contributed by atoms with Crippen molar-refractivity contribution in [2.45, 2.75) is 4.90 Å². The summed E-state index contributed by atoms with van der Waals surface area (Å²) in [7, 11) is 0.00569. The number of ether oxygens (including phenoxy) is 1. The van der Waals surface area contributed by atoms with E-state index < -0.39 is 10.0 Å². The molecule has 20 heavy (non-hydrogen) atoms. The number of likely N-dealkylation sites (N-methyl/N-ethyl adjacent to an activating group) is 1. The average molecular weight is 364 g/mol. The minimum Gasteiger partial charge on any atom is -0.496 e. The lowest BCUT2D eigenvalue weighted by atomic mass is 10.3. The predicted octanol–water partition coefficient (Wildman–Crippen LogP) is 0.898. The first-order valence-corrected chi connectivity index (χ1v) is 8.49. The summed E-state index contributed by atoms with van der Waals surface area (Å²) in [6.45, 7) is 3.03. The number of benzene rings is 1. The van der Waals surface area contributed by atoms with Gasteiger partial charge in [0.1, 0.15) is 5.75 Å². The van der Waals surface area contributed by atoms with E-state index in [1.54, 1.807) is 11.1 Å². The van der Waals surface area contributed by atoms with Crippen LogP contribution in [-0.2, 0) is 10.0 Å². The monoisotopic (exact) mass is 363 g/mol. The van der Waals surface area contributed by atoms with Crippen LogP contribution in [0.15, 0.2) is 27.6 Å². The van der Waals surface area contributed by atoms with Gasteiger partial charge >= 0.3 is 0 Å². The van der Waals surface area contributed by atoms with Gasteiger partial charge in [-0.2, -0.15) is 0 Å². The molecule has 112 valence electrons. The molecule has 0 saturated carbocycles. The third-order valence-corrected chi connectivity index (χ3v) is 5.18. The number of nitrogens with zero attached hydrogens (tertiary/aromatic N) is 2. The van der Waals surface area contributed by atoms with Crippen LogP contribution in [0.3, 0.4) is 0 Å². The van der Waals surface area contributed by atoms with E-state index in [9.17, 15) is 8.42 Å². The molecule has 1 saturated heterocycles. The number of hydrogen-bond donors (Lipinski definition) is 1. The number of sulfonamides is 1. The van der Waals surface area contributed by atoms with Crippen LogP contribution in [0.25, 0.3) is 0 Å². The molecule has 8 heteroatoms. The highest BCUT2D eigenvalue weighted by Gasteiger charge is 2.22. The first-order valence-electron chi connectivity index (χ1n) is 6.22. The fourth-order valence-corrected chi connectivity index (χ4v) is 3.77. The molecule has 6 nitrogen and oxygen atoms in total. The van der Waals surface area contributed by atoms with E-state index in [2.05, 4.69) is 25.7 Å². The highest BCUT2D eigenvalue weighted by atomic mass is 79.9. The number of hydrogen-bond acceptors (Lipinski definition) is 5. The molecule has 0 spiro atoms. The largest absolute Gasteiger partial charge is 0.496 e. The van der Waals surface area contributed by atoms with E-state index in [4.69, 9.17) is 4.74 Å².